The number of hydrogen-bond acceptors (Lipinski definition) is 5. The third kappa shape index (κ3) is 3.67. The summed E-state index contributed by atoms with van der Waals surface area (Å²) in [5.41, 5.74) is 3.25. The van der Waals surface area contributed by atoms with Gasteiger partial charge in [0.25, 0.3) is 0 Å². The van der Waals surface area contributed by atoms with Crippen LogP contribution in [0.3, 0.4) is 0 Å². The van der Waals surface area contributed by atoms with Crippen molar-refractivity contribution in [1.82, 2.24) is 9.55 Å². The summed E-state index contributed by atoms with van der Waals surface area (Å²) in [5.74, 6) is 0.408. The van der Waals surface area contributed by atoms with Crippen LogP contribution in [0.15, 0.2) is 54.3 Å². The van der Waals surface area contributed by atoms with Gasteiger partial charge < -0.3 is 19.3 Å². The quantitative estimate of drug-likeness (QED) is 0.562. The molecule has 0 fully saturated rings. The highest BCUT2D eigenvalue weighted by molar-refractivity contribution is 6.30. The Bertz CT molecular complexity index is 1190. The second-order valence-electron chi connectivity index (χ2n) is 7.60. The van der Waals surface area contributed by atoms with E-state index in [-0.39, 0.29) is 24.2 Å². The molecule has 0 bridgehead atoms. The molecule has 0 spiro atoms. The first-order valence-electron chi connectivity index (χ1n) is 10.5. The van der Waals surface area contributed by atoms with Gasteiger partial charge in [-0.25, -0.2) is 9.78 Å². The monoisotopic (exact) mass is 418 g/mol. The Labute approximate surface area is 181 Å². The second kappa shape index (κ2) is 8.26. The van der Waals surface area contributed by atoms with Gasteiger partial charge in [-0.1, -0.05) is 25.1 Å². The molecule has 4 rings (SSSR count). The van der Waals surface area contributed by atoms with Crippen LogP contribution in [0.4, 0.5) is 5.69 Å². The van der Waals surface area contributed by atoms with Gasteiger partial charge in [-0.2, -0.15) is 0 Å². The molecule has 1 aliphatic heterocycles. The minimum Gasteiger partial charge on any atom is -0.509 e. The predicted molar refractivity (Wildman–Crippen MR) is 122 cm³/mol. The van der Waals surface area contributed by atoms with Crippen LogP contribution in [0.1, 0.15) is 43.4 Å². The molecular weight excluding hydrogens is 392 g/mol. The molecule has 160 valence electrons. The van der Waals surface area contributed by atoms with Crippen LogP contribution >= 0.6 is 0 Å². The minimum atomic E-state index is -0.396. The number of anilines is 1. The Balaban J connectivity index is 1.66. The average molecular weight is 418 g/mol. The summed E-state index contributed by atoms with van der Waals surface area (Å²) in [6.45, 7) is 6.63. The number of fused-ring (bicyclic) bond motifs is 1. The van der Waals surface area contributed by atoms with Gasteiger partial charge in [0.15, 0.2) is 0 Å². The number of benzene rings is 2. The van der Waals surface area contributed by atoms with E-state index in [0.29, 0.717) is 29.2 Å². The van der Waals surface area contributed by atoms with Crippen molar-refractivity contribution in [3.8, 4) is 0 Å². The molecule has 31 heavy (non-hydrogen) atoms. The first-order valence-corrected chi connectivity index (χ1v) is 10.5. The maximum absolute atomic E-state index is 12.4. The average Bonchev–Trinajstić information content (AvgIpc) is 3.29. The number of amidine groups is 1. The van der Waals surface area contributed by atoms with E-state index in [4.69, 9.17) is 10.1 Å². The van der Waals surface area contributed by atoms with Crippen molar-refractivity contribution in [2.24, 2.45) is 0 Å². The van der Waals surface area contributed by atoms with E-state index < -0.39 is 5.97 Å². The van der Waals surface area contributed by atoms with Crippen molar-refractivity contribution in [3.05, 3.63) is 65.7 Å². The Morgan fingerprint density at radius 3 is 2.74 bits per heavy atom. The molecule has 1 atom stereocenters. The molecular formula is C24H26N4O3. The van der Waals surface area contributed by atoms with Gasteiger partial charge in [-0.15, -0.1) is 0 Å². The van der Waals surface area contributed by atoms with Gasteiger partial charge in [0, 0.05) is 12.2 Å². The van der Waals surface area contributed by atoms with Crippen molar-refractivity contribution < 1.29 is 14.6 Å². The van der Waals surface area contributed by atoms with Crippen LogP contribution in [0, 0.1) is 5.41 Å². The topological polar surface area (TPSA) is 91.4 Å². The molecule has 0 saturated heterocycles. The van der Waals surface area contributed by atoms with Crippen molar-refractivity contribution in [3.63, 3.8) is 0 Å². The molecule has 0 amide bonds. The highest BCUT2D eigenvalue weighted by Crippen LogP contribution is 2.33. The summed E-state index contributed by atoms with van der Waals surface area (Å²) in [6, 6.07) is 14.7. The smallest absolute Gasteiger partial charge is 0.338 e. The number of aliphatic hydroxyl groups excluding tert-OH is 1. The van der Waals surface area contributed by atoms with Crippen LogP contribution in [0.25, 0.3) is 16.6 Å². The summed E-state index contributed by atoms with van der Waals surface area (Å²) in [6.07, 6.45) is 0.572. The standard InChI is InChI=1S/C24H26N4O3/c1-4-15(3)31-24(30)16-9-8-10-17(13-16)28-14-20(29)21(22(28)25)23-26-18-11-6-7-12-19(18)27(23)5-2/h6-13,15,25,29H,4-5,14H2,1-3H3. The molecule has 3 aromatic rings. The third-order valence-electron chi connectivity index (χ3n) is 5.57. The van der Waals surface area contributed by atoms with Gasteiger partial charge in [-0.05, 0) is 50.6 Å². The van der Waals surface area contributed by atoms with E-state index in [1.807, 2.05) is 55.7 Å². The van der Waals surface area contributed by atoms with Crippen molar-refractivity contribution in [2.45, 2.75) is 39.8 Å². The van der Waals surface area contributed by atoms with Crippen LogP contribution in [-0.2, 0) is 11.3 Å². The number of carbonyl (C=O) groups excluding carboxylic acids is 1. The minimum absolute atomic E-state index is 0.0857. The first-order chi connectivity index (χ1) is 14.9. The number of esters is 1. The molecule has 7 nitrogen and oxygen atoms in total. The third-order valence-corrected chi connectivity index (χ3v) is 5.57. The normalized spacial score (nSPS) is 15.1. The Morgan fingerprint density at radius 1 is 1.23 bits per heavy atom. The molecule has 0 aliphatic carbocycles. The summed E-state index contributed by atoms with van der Waals surface area (Å²) < 4.78 is 7.42. The molecule has 1 aliphatic rings. The number of aliphatic hydroxyl groups is 1. The molecule has 0 radical (unpaired) electrons. The first kappa shape index (κ1) is 20.7. The summed E-state index contributed by atoms with van der Waals surface area (Å²) in [5, 5.41) is 19.5. The maximum atomic E-state index is 12.4. The van der Waals surface area contributed by atoms with Crippen LogP contribution in [0.5, 0.6) is 0 Å². The van der Waals surface area contributed by atoms with Gasteiger partial charge in [0.2, 0.25) is 0 Å². The van der Waals surface area contributed by atoms with E-state index in [0.717, 1.165) is 17.5 Å². The lowest BCUT2D eigenvalue weighted by molar-refractivity contribution is 0.0334. The van der Waals surface area contributed by atoms with E-state index in [9.17, 15) is 9.90 Å². The van der Waals surface area contributed by atoms with Crippen LogP contribution < -0.4 is 4.90 Å². The number of para-hydroxylation sites is 2. The van der Waals surface area contributed by atoms with Crippen molar-refractivity contribution >= 4 is 34.1 Å². The SMILES string of the molecule is CCC(C)OC(=O)c1cccc(N2CC(O)=C(c3nc4ccccc4n3CC)C2=N)c1. The molecule has 0 saturated carbocycles. The fourth-order valence-electron chi connectivity index (χ4n) is 3.76. The molecule has 2 N–H and O–H groups in total. The van der Waals surface area contributed by atoms with Gasteiger partial charge in [0.1, 0.15) is 17.4 Å². The summed E-state index contributed by atoms with van der Waals surface area (Å²) in [4.78, 5) is 18.8. The van der Waals surface area contributed by atoms with Gasteiger partial charge >= 0.3 is 5.97 Å². The lowest BCUT2D eigenvalue weighted by Crippen LogP contribution is -2.27. The number of aryl methyl sites for hydroxylation is 1. The number of carbonyl (C=O) groups is 1. The zero-order valence-corrected chi connectivity index (χ0v) is 17.9. The lowest BCUT2D eigenvalue weighted by atomic mass is 10.1. The molecule has 1 unspecified atom stereocenters. The summed E-state index contributed by atoms with van der Waals surface area (Å²) in [7, 11) is 0. The maximum Gasteiger partial charge on any atom is 0.338 e. The number of aromatic nitrogens is 2. The molecule has 2 heterocycles. The number of imidazole rings is 1. The second-order valence-corrected chi connectivity index (χ2v) is 7.60. The fraction of sp³-hybridized carbons (Fsp3) is 0.292. The fourth-order valence-corrected chi connectivity index (χ4v) is 3.76. The largest absolute Gasteiger partial charge is 0.509 e. The summed E-state index contributed by atoms with van der Waals surface area (Å²) >= 11 is 0. The van der Waals surface area contributed by atoms with Crippen molar-refractivity contribution in [1.29, 1.82) is 5.41 Å². The Morgan fingerprint density at radius 2 is 2.00 bits per heavy atom. The van der Waals surface area contributed by atoms with E-state index in [1.165, 1.54) is 0 Å². The number of nitrogens with zero attached hydrogens (tertiary/aromatic N) is 3. The zero-order chi connectivity index (χ0) is 22.1. The molecule has 7 heteroatoms. The Hall–Kier alpha value is -3.61. The van der Waals surface area contributed by atoms with E-state index >= 15 is 0 Å². The lowest BCUT2D eigenvalue weighted by Gasteiger charge is -2.20. The van der Waals surface area contributed by atoms with E-state index in [2.05, 4.69) is 4.98 Å². The molecule has 1 aromatic heterocycles. The number of nitrogens with one attached hydrogen (secondary N) is 1. The molecule has 2 aromatic carbocycles. The number of rotatable bonds is 6. The predicted octanol–water partition coefficient (Wildman–Crippen LogP) is 4.78. The van der Waals surface area contributed by atoms with Crippen LogP contribution in [-0.4, -0.2) is 39.1 Å². The number of ether oxygens (including phenoxy) is 1. The zero-order valence-electron chi connectivity index (χ0n) is 17.9. The van der Waals surface area contributed by atoms with E-state index in [1.54, 1.807) is 23.1 Å². The Kier molecular flexibility index (Phi) is 5.50. The van der Waals surface area contributed by atoms with Crippen LogP contribution in [0.2, 0.25) is 0 Å². The highest BCUT2D eigenvalue weighted by Gasteiger charge is 2.33. The van der Waals surface area contributed by atoms with Gasteiger partial charge in [0.05, 0.1) is 34.8 Å². The highest BCUT2D eigenvalue weighted by atomic mass is 16.5. The van der Waals surface area contributed by atoms with Crippen molar-refractivity contribution in [2.75, 3.05) is 11.4 Å². The van der Waals surface area contributed by atoms with Gasteiger partial charge in [-0.3, -0.25) is 5.41 Å². The number of hydrogen-bond donors (Lipinski definition) is 2.